The third kappa shape index (κ3) is 6.66. The van der Waals surface area contributed by atoms with Crippen LogP contribution in [0.25, 0.3) is 0 Å². The van der Waals surface area contributed by atoms with Crippen molar-refractivity contribution in [2.45, 2.75) is 32.7 Å². The maximum absolute atomic E-state index is 5.98. The topological polar surface area (TPSA) is 79.0 Å². The number of hydrogen-bond acceptors (Lipinski definition) is 5. The lowest BCUT2D eigenvalue weighted by atomic mass is 9.99. The second-order valence-corrected chi connectivity index (χ2v) is 7.63. The summed E-state index contributed by atoms with van der Waals surface area (Å²) >= 11 is 0. The predicted octanol–water partition coefficient (Wildman–Crippen LogP) is 1.44. The van der Waals surface area contributed by atoms with Crippen molar-refractivity contribution in [3.63, 3.8) is 0 Å². The number of aliphatic imine (C=N–C) groups is 1. The fourth-order valence-electron chi connectivity index (χ4n) is 3.51. The Kier molecular flexibility index (Phi) is 7.71. The first-order chi connectivity index (χ1) is 13.2. The molecule has 0 bridgehead atoms. The molecule has 2 aliphatic rings. The standard InChI is InChI=1S/C20H34N6O/c1-17-5-9-26(10-6-17)19-4-3-18(15-23-19)16-24-20(21)22-7-2-8-25-11-13-27-14-12-25/h3-4,15,17H,2,5-14,16H2,1H3,(H3,21,22,24). The molecule has 1 aromatic heterocycles. The summed E-state index contributed by atoms with van der Waals surface area (Å²) < 4.78 is 5.36. The number of ether oxygens (including phenoxy) is 1. The molecule has 0 unspecified atom stereocenters. The molecule has 27 heavy (non-hydrogen) atoms. The molecule has 0 spiro atoms. The van der Waals surface area contributed by atoms with Crippen molar-refractivity contribution in [2.24, 2.45) is 16.6 Å². The maximum atomic E-state index is 5.98. The highest BCUT2D eigenvalue weighted by atomic mass is 16.5. The lowest BCUT2D eigenvalue weighted by molar-refractivity contribution is 0.0376. The van der Waals surface area contributed by atoms with Gasteiger partial charge in [-0.3, -0.25) is 4.90 Å². The molecule has 2 fully saturated rings. The monoisotopic (exact) mass is 374 g/mol. The maximum Gasteiger partial charge on any atom is 0.188 e. The van der Waals surface area contributed by atoms with E-state index in [1.807, 2.05) is 6.20 Å². The van der Waals surface area contributed by atoms with E-state index in [2.05, 4.69) is 44.1 Å². The molecule has 7 nitrogen and oxygen atoms in total. The zero-order chi connectivity index (χ0) is 18.9. The van der Waals surface area contributed by atoms with Gasteiger partial charge in [0, 0.05) is 38.9 Å². The first kappa shape index (κ1) is 19.9. The number of aromatic nitrogens is 1. The highest BCUT2D eigenvalue weighted by Crippen LogP contribution is 2.21. The van der Waals surface area contributed by atoms with Gasteiger partial charge in [-0.15, -0.1) is 0 Å². The summed E-state index contributed by atoms with van der Waals surface area (Å²) in [6.07, 6.45) is 5.48. The third-order valence-corrected chi connectivity index (χ3v) is 5.41. The molecule has 0 aliphatic carbocycles. The van der Waals surface area contributed by atoms with Crippen LogP contribution in [-0.4, -0.2) is 68.3 Å². The minimum atomic E-state index is 0.506. The van der Waals surface area contributed by atoms with Crippen LogP contribution in [0.15, 0.2) is 23.3 Å². The normalized spacial score (nSPS) is 20.0. The molecule has 2 aliphatic heterocycles. The van der Waals surface area contributed by atoms with Gasteiger partial charge in [-0.25, -0.2) is 9.98 Å². The van der Waals surface area contributed by atoms with Gasteiger partial charge in [0.2, 0.25) is 0 Å². The molecular weight excluding hydrogens is 340 g/mol. The Morgan fingerprint density at radius 3 is 2.74 bits per heavy atom. The second-order valence-electron chi connectivity index (χ2n) is 7.63. The van der Waals surface area contributed by atoms with E-state index in [9.17, 15) is 0 Å². The molecule has 0 radical (unpaired) electrons. The van der Waals surface area contributed by atoms with E-state index < -0.39 is 0 Å². The highest BCUT2D eigenvalue weighted by molar-refractivity contribution is 5.77. The van der Waals surface area contributed by atoms with E-state index in [0.717, 1.165) is 76.2 Å². The molecule has 3 rings (SSSR count). The van der Waals surface area contributed by atoms with Gasteiger partial charge >= 0.3 is 0 Å². The van der Waals surface area contributed by atoms with Crippen LogP contribution in [0.2, 0.25) is 0 Å². The summed E-state index contributed by atoms with van der Waals surface area (Å²) in [6.45, 7) is 10.8. The van der Waals surface area contributed by atoms with Crippen molar-refractivity contribution in [3.05, 3.63) is 23.9 Å². The Hall–Kier alpha value is -1.86. The van der Waals surface area contributed by atoms with E-state index in [1.54, 1.807) is 0 Å². The Morgan fingerprint density at radius 1 is 1.26 bits per heavy atom. The Labute approximate surface area is 163 Å². The molecule has 0 atom stereocenters. The van der Waals surface area contributed by atoms with Crippen molar-refractivity contribution in [1.82, 2.24) is 15.2 Å². The van der Waals surface area contributed by atoms with Gasteiger partial charge in [-0.2, -0.15) is 0 Å². The summed E-state index contributed by atoms with van der Waals surface area (Å²) in [5.41, 5.74) is 7.06. The van der Waals surface area contributed by atoms with E-state index in [-0.39, 0.29) is 0 Å². The van der Waals surface area contributed by atoms with Gasteiger partial charge in [0.25, 0.3) is 0 Å². The fraction of sp³-hybridized carbons (Fsp3) is 0.700. The van der Waals surface area contributed by atoms with E-state index >= 15 is 0 Å². The number of anilines is 1. The van der Waals surface area contributed by atoms with Crippen LogP contribution < -0.4 is 16.0 Å². The minimum absolute atomic E-state index is 0.506. The van der Waals surface area contributed by atoms with Crippen LogP contribution in [-0.2, 0) is 11.3 Å². The average molecular weight is 375 g/mol. The molecule has 7 heteroatoms. The quantitative estimate of drug-likeness (QED) is 0.427. The highest BCUT2D eigenvalue weighted by Gasteiger charge is 2.16. The smallest absolute Gasteiger partial charge is 0.188 e. The van der Waals surface area contributed by atoms with Crippen LogP contribution >= 0.6 is 0 Å². The number of nitrogens with zero attached hydrogens (tertiary/aromatic N) is 4. The second kappa shape index (κ2) is 10.5. The summed E-state index contributed by atoms with van der Waals surface area (Å²) in [5.74, 6) is 2.41. The Bertz CT molecular complexity index is 577. The van der Waals surface area contributed by atoms with Gasteiger partial charge in [-0.05, 0) is 43.4 Å². The number of hydrogen-bond donors (Lipinski definition) is 2. The summed E-state index contributed by atoms with van der Waals surface area (Å²) in [6, 6.07) is 4.21. The Morgan fingerprint density at radius 2 is 2.04 bits per heavy atom. The first-order valence-electron chi connectivity index (χ1n) is 10.2. The van der Waals surface area contributed by atoms with Crippen molar-refractivity contribution < 1.29 is 4.74 Å². The number of nitrogens with two attached hydrogens (primary N) is 1. The van der Waals surface area contributed by atoms with Gasteiger partial charge in [-0.1, -0.05) is 13.0 Å². The third-order valence-electron chi connectivity index (χ3n) is 5.41. The zero-order valence-electron chi connectivity index (χ0n) is 16.6. The number of piperidine rings is 1. The van der Waals surface area contributed by atoms with Crippen molar-refractivity contribution >= 4 is 11.8 Å². The largest absolute Gasteiger partial charge is 0.379 e. The summed E-state index contributed by atoms with van der Waals surface area (Å²) in [5, 5.41) is 3.20. The van der Waals surface area contributed by atoms with Crippen molar-refractivity contribution in [1.29, 1.82) is 0 Å². The van der Waals surface area contributed by atoms with Crippen LogP contribution in [0.5, 0.6) is 0 Å². The van der Waals surface area contributed by atoms with Gasteiger partial charge in [0.1, 0.15) is 5.82 Å². The van der Waals surface area contributed by atoms with Crippen LogP contribution in [0.3, 0.4) is 0 Å². The number of morpholine rings is 1. The molecule has 3 N–H and O–H groups in total. The van der Waals surface area contributed by atoms with Gasteiger partial charge in [0.15, 0.2) is 5.96 Å². The van der Waals surface area contributed by atoms with Gasteiger partial charge in [0.05, 0.1) is 19.8 Å². The molecular formula is C20H34N6O. The van der Waals surface area contributed by atoms with Crippen molar-refractivity contribution in [2.75, 3.05) is 57.4 Å². The molecule has 0 saturated carbocycles. The van der Waals surface area contributed by atoms with Crippen LogP contribution in [0.1, 0.15) is 31.7 Å². The molecule has 1 aromatic rings. The number of rotatable bonds is 7. The van der Waals surface area contributed by atoms with E-state index in [1.165, 1.54) is 12.8 Å². The lowest BCUT2D eigenvalue weighted by Gasteiger charge is -2.31. The molecule has 0 amide bonds. The molecule has 3 heterocycles. The Balaban J connectivity index is 1.35. The number of guanidine groups is 1. The van der Waals surface area contributed by atoms with E-state index in [0.29, 0.717) is 12.5 Å². The first-order valence-corrected chi connectivity index (χ1v) is 10.2. The van der Waals surface area contributed by atoms with E-state index in [4.69, 9.17) is 10.5 Å². The number of pyridine rings is 1. The average Bonchev–Trinajstić information content (AvgIpc) is 2.71. The predicted molar refractivity (Wildman–Crippen MR) is 110 cm³/mol. The molecule has 150 valence electrons. The zero-order valence-corrected chi connectivity index (χ0v) is 16.6. The number of nitrogens with one attached hydrogen (secondary N) is 1. The molecule has 2 saturated heterocycles. The van der Waals surface area contributed by atoms with Crippen molar-refractivity contribution in [3.8, 4) is 0 Å². The fourth-order valence-corrected chi connectivity index (χ4v) is 3.51. The summed E-state index contributed by atoms with van der Waals surface area (Å²) in [4.78, 5) is 13.8. The molecule has 0 aromatic carbocycles. The minimum Gasteiger partial charge on any atom is -0.379 e. The SMILES string of the molecule is CC1CCN(c2ccc(CN=C(N)NCCCN3CCOCC3)cn2)CC1. The van der Waals surface area contributed by atoms with Crippen LogP contribution in [0.4, 0.5) is 5.82 Å². The summed E-state index contributed by atoms with van der Waals surface area (Å²) in [7, 11) is 0. The van der Waals surface area contributed by atoms with Gasteiger partial charge < -0.3 is 20.7 Å². The lowest BCUT2D eigenvalue weighted by Crippen LogP contribution is -2.39. The van der Waals surface area contributed by atoms with Crippen LogP contribution in [0, 0.1) is 5.92 Å².